The maximum atomic E-state index is 13.0. The molecule has 14 heteroatoms. The van der Waals surface area contributed by atoms with E-state index in [0.717, 1.165) is 50.0 Å². The third-order valence-electron chi connectivity index (χ3n) is 8.33. The van der Waals surface area contributed by atoms with Crippen LogP contribution < -0.4 is 8.01 Å². The molecule has 1 unspecified atom stereocenters. The first kappa shape index (κ1) is 38.3. The quantitative estimate of drug-likeness (QED) is 0.148. The Bertz CT molecular complexity index is 2180. The Labute approximate surface area is 345 Å². The summed E-state index contributed by atoms with van der Waals surface area (Å²) in [7, 11) is 0. The summed E-state index contributed by atoms with van der Waals surface area (Å²) in [5.41, 5.74) is 3.80. The van der Waals surface area contributed by atoms with Crippen molar-refractivity contribution in [3.05, 3.63) is 118 Å². The van der Waals surface area contributed by atoms with Crippen molar-refractivity contribution in [1.29, 1.82) is 0 Å². The molecule has 1 spiro atoms. The van der Waals surface area contributed by atoms with Crippen molar-refractivity contribution < 1.29 is 88.4 Å². The number of esters is 2. The molecule has 0 N–H and O–H groups in total. The fraction of sp³-hybridized carbons (Fsp3) is 0.216. The Balaban J connectivity index is 0.000000290. The SMILES string of the molecule is CCn1cc(COc2ccc(C3CCC4(C3)OC(=O)C(=Ic3ccc5ncccc5c3)C(=O)O4)cc2)nn1.[211At]c1ccc2ncccc2c1.[At][211At]. The first-order chi connectivity index (χ1) is 24.9. The van der Waals surface area contributed by atoms with E-state index in [-0.39, 0.29) is 9.43 Å². The number of halogens is 1. The van der Waals surface area contributed by atoms with Crippen LogP contribution in [0.3, 0.4) is 0 Å². The molecule has 51 heavy (non-hydrogen) atoms. The Morgan fingerprint density at radius 1 is 0.902 bits per heavy atom. The van der Waals surface area contributed by atoms with Gasteiger partial charge < -0.3 is 14.2 Å². The van der Waals surface area contributed by atoms with Crippen LogP contribution in [0.5, 0.6) is 5.75 Å². The predicted molar refractivity (Wildman–Crippen MR) is 189 cm³/mol. The van der Waals surface area contributed by atoms with Crippen LogP contribution in [0, 0.1) is 68.1 Å². The van der Waals surface area contributed by atoms with Gasteiger partial charge in [0.2, 0.25) is 0 Å². The van der Waals surface area contributed by atoms with Gasteiger partial charge in [-0.05, 0) is 61.2 Å². The van der Waals surface area contributed by atoms with Crippen LogP contribution in [-0.4, -0.2) is 46.2 Å². The number of nitrogens with zero attached hydrogens (tertiary/aromatic N) is 5. The van der Waals surface area contributed by atoms with Gasteiger partial charge in [-0.3, -0.25) is 9.67 Å². The number of pyridine rings is 2. The normalized spacial score (nSPS) is 18.0. The topological polar surface area (TPSA) is 118 Å². The van der Waals surface area contributed by atoms with Crippen molar-refractivity contribution in [2.24, 2.45) is 0 Å². The first-order valence-electron chi connectivity index (χ1n) is 16.0. The van der Waals surface area contributed by atoms with Crippen molar-refractivity contribution in [3.8, 4) is 5.75 Å². The number of hydrogen-bond donors (Lipinski definition) is 0. The van der Waals surface area contributed by atoms with Gasteiger partial charge in [0.05, 0.1) is 11.7 Å². The minimum atomic E-state index is -1.19. The summed E-state index contributed by atoms with van der Waals surface area (Å²) in [6.07, 6.45) is 7.10. The second kappa shape index (κ2) is 18.1. The fourth-order valence-corrected chi connectivity index (χ4v) is 8.70. The molecule has 0 amide bonds. The van der Waals surface area contributed by atoms with Crippen LogP contribution in [0.1, 0.15) is 43.4 Å². The number of rotatable bonds is 6. The van der Waals surface area contributed by atoms with Crippen molar-refractivity contribution in [1.82, 2.24) is 25.0 Å². The Kier molecular flexibility index (Phi) is 13.6. The molecule has 8 rings (SSSR count). The first-order valence-corrected chi connectivity index (χ1v) is 30.4. The van der Waals surface area contributed by atoms with Crippen molar-refractivity contribution in [3.63, 3.8) is 0 Å². The number of hydrogen-bond acceptors (Lipinski definition) is 9. The van der Waals surface area contributed by atoms with Gasteiger partial charge in [0.25, 0.3) is 5.79 Å². The van der Waals surface area contributed by atoms with Gasteiger partial charge in [0.15, 0.2) is 3.51 Å². The monoisotopic (exact) mass is 1380 g/mol. The van der Waals surface area contributed by atoms with Crippen LogP contribution in [0.2, 0.25) is 0 Å². The van der Waals surface area contributed by atoms with Gasteiger partial charge in [0, 0.05) is 34.5 Å². The zero-order chi connectivity index (χ0) is 35.8. The summed E-state index contributed by atoms with van der Waals surface area (Å²) in [5.74, 6) is -1.46. The van der Waals surface area contributed by atoms with Crippen molar-refractivity contribution in [2.75, 3.05) is 0 Å². The van der Waals surface area contributed by atoms with Crippen LogP contribution in [0.15, 0.2) is 104 Å². The minimum absolute atomic E-state index is 0.110. The number of fused-ring (bicyclic) bond motifs is 2. The van der Waals surface area contributed by atoms with Gasteiger partial charge in [-0.25, -0.2) is 9.59 Å². The molecular weight excluding hydrogens is 1350 g/mol. The fourth-order valence-electron chi connectivity index (χ4n) is 5.87. The molecule has 0 bridgehead atoms. The number of carbonyl (C=O) groups excluding carboxylic acids is 2. The molecule has 1 aliphatic heterocycles. The number of aryl methyl sites for hydroxylation is 1. The summed E-state index contributed by atoms with van der Waals surface area (Å²) < 4.78 is 21.6. The van der Waals surface area contributed by atoms with E-state index in [1.807, 2.05) is 80.0 Å². The molecule has 6 aromatic rings. The summed E-state index contributed by atoms with van der Waals surface area (Å²) in [5, 5.41) is 10.3. The van der Waals surface area contributed by atoms with E-state index in [2.05, 4.69) is 44.5 Å². The van der Waals surface area contributed by atoms with Crippen molar-refractivity contribution in [2.45, 2.75) is 51.0 Å². The van der Waals surface area contributed by atoms with Crippen LogP contribution in [0.25, 0.3) is 21.8 Å². The van der Waals surface area contributed by atoms with Gasteiger partial charge in [-0.15, -0.1) is 5.10 Å². The maximum absolute atomic E-state index is 13.0. The van der Waals surface area contributed by atoms with E-state index >= 15 is 0 Å². The Hall–Kier alpha value is -2.39. The molecule has 4 heterocycles. The molecule has 3 aromatic heterocycles. The molecule has 1 saturated carbocycles. The summed E-state index contributed by atoms with van der Waals surface area (Å²) in [6, 6.07) is 27.8. The molecule has 2 aliphatic rings. The zero-order valence-corrected chi connectivity index (χ0v) is 38.2. The molecule has 3 aromatic carbocycles. The van der Waals surface area contributed by atoms with Gasteiger partial charge in [-0.1, -0.05) is 44.1 Å². The van der Waals surface area contributed by atoms with E-state index < -0.39 is 38.5 Å². The van der Waals surface area contributed by atoms with E-state index in [1.165, 1.54) is 8.66 Å². The summed E-state index contributed by atoms with van der Waals surface area (Å²) in [4.78, 5) is 34.5. The van der Waals surface area contributed by atoms with Gasteiger partial charge >= 0.3 is 132 Å². The van der Waals surface area contributed by atoms with Crippen LogP contribution in [-0.2, 0) is 32.2 Å². The van der Waals surface area contributed by atoms with E-state index in [4.69, 9.17) is 14.2 Å². The third kappa shape index (κ3) is 9.78. The molecule has 0 radical (unpaired) electrons. The average Bonchev–Trinajstić information content (AvgIpc) is 3.80. The molecule has 1 aliphatic carbocycles. The number of benzene rings is 3. The van der Waals surface area contributed by atoms with E-state index in [0.29, 0.717) is 19.4 Å². The molecule has 1 saturated heterocycles. The van der Waals surface area contributed by atoms with Gasteiger partial charge in [-0.2, -0.15) is 0 Å². The number of carbonyl (C=O) groups is 2. The molecule has 1 atom stereocenters. The Morgan fingerprint density at radius 3 is 2.24 bits per heavy atom. The predicted octanol–water partition coefficient (Wildman–Crippen LogP) is 5.91. The molecular formula is C37H31At3IN5O5. The molecule has 262 valence electrons. The summed E-state index contributed by atoms with van der Waals surface area (Å²) >= 11 is 4.21. The second-order valence-electron chi connectivity index (χ2n) is 11.6. The van der Waals surface area contributed by atoms with Gasteiger partial charge in [0.1, 0.15) is 18.1 Å². The number of aromatic nitrogens is 5. The standard InChI is InChI=1S/C28H25IN4O5.C9H6AtN.At2/c1-2-33-16-22(31-32-33)17-36-23-8-5-18(6-9-23)20-11-12-28(15-20)37-26(34)25(27(35)38-28)29-21-7-10-24-19(14-21)4-3-13-30-24;10-8-3-4-9-7(6-8)2-1-5-11-9;1-2/h3-10,13-14,16,20H,2,11-12,15,17H2,1H3;1-6H;/i;10+1;1+1. The summed E-state index contributed by atoms with van der Waals surface area (Å²) in [6.45, 7) is 3.11. The van der Waals surface area contributed by atoms with E-state index in [9.17, 15) is 9.59 Å². The average molecular weight is 1380 g/mol. The Morgan fingerprint density at radius 2 is 1.57 bits per heavy atom. The van der Waals surface area contributed by atoms with Crippen molar-refractivity contribution >= 4 is 61.3 Å². The molecule has 10 nitrogen and oxygen atoms in total. The van der Waals surface area contributed by atoms with Crippen LogP contribution >= 0.6 is 20.7 Å². The number of ether oxygens (including phenoxy) is 3. The zero-order valence-electron chi connectivity index (χ0n) is 27.2. The van der Waals surface area contributed by atoms with E-state index in [1.54, 1.807) is 75.5 Å². The van der Waals surface area contributed by atoms with Crippen LogP contribution in [0.4, 0.5) is 0 Å². The second-order valence-corrected chi connectivity index (χ2v) is 16.2. The molecule has 2 fully saturated rings. The third-order valence-corrected chi connectivity index (χ3v) is 12.0.